The number of esters is 1. The van der Waals surface area contributed by atoms with E-state index in [1.807, 2.05) is 123 Å². The van der Waals surface area contributed by atoms with Crippen LogP contribution in [0.25, 0.3) is 0 Å². The zero-order chi connectivity index (χ0) is 37.0. The van der Waals surface area contributed by atoms with Crippen molar-refractivity contribution in [3.05, 3.63) is 120 Å². The number of ether oxygens (including phenoxy) is 3. The number of amides is 3. The first kappa shape index (κ1) is 37.6. The molecule has 0 spiro atoms. The van der Waals surface area contributed by atoms with Crippen LogP contribution in [0.5, 0.6) is 23.0 Å². The van der Waals surface area contributed by atoms with Crippen molar-refractivity contribution < 1.29 is 38.6 Å². The van der Waals surface area contributed by atoms with E-state index in [2.05, 4.69) is 0 Å². The standard InChI is InChI=1S/C41H45N3O8/c1-4-24-43(26-28-16-20-32(21-17-28)51-30-12-8-6-9-13-30)39(46)35-34(38(45)42-49)37(41(48)50-3)36(35)40(47)44(25-5-2)27-29-18-22-33(23-19-29)52-31-14-10-7-11-15-31/h6-23,34-37,49H,4-5,24-27H2,1-3H3,(H,42,45)/t34-,35-,36-,37+/m1/s1. The summed E-state index contributed by atoms with van der Waals surface area (Å²) < 4.78 is 16.9. The largest absolute Gasteiger partial charge is 0.469 e. The number of benzene rings is 4. The fourth-order valence-corrected chi connectivity index (χ4v) is 6.70. The second-order valence-electron chi connectivity index (χ2n) is 12.7. The van der Waals surface area contributed by atoms with Gasteiger partial charge in [0.2, 0.25) is 17.7 Å². The fraction of sp³-hybridized carbons (Fsp3) is 0.317. The maximum Gasteiger partial charge on any atom is 0.310 e. The molecular formula is C41H45N3O8. The first-order valence-electron chi connectivity index (χ1n) is 17.5. The lowest BCUT2D eigenvalue weighted by Gasteiger charge is -2.49. The average molecular weight is 708 g/mol. The maximum absolute atomic E-state index is 14.5. The van der Waals surface area contributed by atoms with Crippen LogP contribution < -0.4 is 15.0 Å². The summed E-state index contributed by atoms with van der Waals surface area (Å²) in [6.45, 7) is 4.94. The molecule has 11 heteroatoms. The van der Waals surface area contributed by atoms with Gasteiger partial charge in [-0.2, -0.15) is 0 Å². The number of hydrogen-bond acceptors (Lipinski definition) is 8. The first-order chi connectivity index (χ1) is 25.3. The average Bonchev–Trinajstić information content (AvgIpc) is 3.16. The number of para-hydroxylation sites is 2. The van der Waals surface area contributed by atoms with E-state index in [4.69, 9.17) is 14.2 Å². The van der Waals surface area contributed by atoms with E-state index in [1.54, 1.807) is 15.3 Å². The van der Waals surface area contributed by atoms with Crippen LogP contribution >= 0.6 is 0 Å². The highest BCUT2D eigenvalue weighted by Gasteiger charge is 2.64. The summed E-state index contributed by atoms with van der Waals surface area (Å²) in [5.74, 6) is -4.95. The van der Waals surface area contributed by atoms with Gasteiger partial charge in [-0.3, -0.25) is 24.4 Å². The Balaban J connectivity index is 1.38. The minimum atomic E-state index is -1.31. The normalized spacial score (nSPS) is 17.6. The lowest BCUT2D eigenvalue weighted by Crippen LogP contribution is -2.65. The summed E-state index contributed by atoms with van der Waals surface area (Å²) in [4.78, 5) is 58.4. The van der Waals surface area contributed by atoms with Crippen LogP contribution in [0.15, 0.2) is 109 Å². The molecule has 0 saturated heterocycles. The van der Waals surface area contributed by atoms with Gasteiger partial charge < -0.3 is 24.0 Å². The molecule has 0 radical (unpaired) electrons. The van der Waals surface area contributed by atoms with Crippen LogP contribution in [0.1, 0.15) is 37.8 Å². The Labute approximate surface area is 304 Å². The minimum absolute atomic E-state index is 0.197. The zero-order valence-corrected chi connectivity index (χ0v) is 29.6. The fourth-order valence-electron chi connectivity index (χ4n) is 6.70. The molecule has 0 aromatic heterocycles. The van der Waals surface area contributed by atoms with Crippen molar-refractivity contribution in [3.63, 3.8) is 0 Å². The molecule has 1 fully saturated rings. The van der Waals surface area contributed by atoms with Crippen molar-refractivity contribution in [1.29, 1.82) is 0 Å². The smallest absolute Gasteiger partial charge is 0.310 e. The summed E-state index contributed by atoms with van der Waals surface area (Å²) in [5.41, 5.74) is 3.24. The SMILES string of the molecule is CCCN(Cc1ccc(Oc2ccccc2)cc1)C(=O)[C@@H]1[C@@H](C(=O)NO)[C@H](C(=O)OC)[C@@H]1C(=O)N(CCC)Cc1ccc(Oc2ccccc2)cc1. The van der Waals surface area contributed by atoms with Crippen molar-refractivity contribution in [2.45, 2.75) is 39.8 Å². The highest BCUT2D eigenvalue weighted by Crippen LogP contribution is 2.49. The molecule has 52 heavy (non-hydrogen) atoms. The molecule has 3 amide bonds. The number of hydroxylamine groups is 1. The Kier molecular flexibility index (Phi) is 13.0. The summed E-state index contributed by atoms with van der Waals surface area (Å²) in [6, 6.07) is 33.4. The number of rotatable bonds is 16. The molecule has 0 unspecified atom stereocenters. The quantitative estimate of drug-likeness (QED) is 0.0756. The molecule has 1 aliphatic rings. The predicted molar refractivity (Wildman–Crippen MR) is 193 cm³/mol. The summed E-state index contributed by atoms with van der Waals surface area (Å²) in [7, 11) is 1.17. The Morgan fingerprint density at radius 2 is 0.962 bits per heavy atom. The monoisotopic (exact) mass is 707 g/mol. The summed E-state index contributed by atoms with van der Waals surface area (Å²) in [5, 5.41) is 9.69. The molecule has 1 aliphatic carbocycles. The van der Waals surface area contributed by atoms with Gasteiger partial charge in [0.1, 0.15) is 23.0 Å². The predicted octanol–water partition coefficient (Wildman–Crippen LogP) is 6.61. The zero-order valence-electron chi connectivity index (χ0n) is 29.6. The molecule has 4 atom stereocenters. The molecule has 0 heterocycles. The van der Waals surface area contributed by atoms with E-state index in [9.17, 15) is 24.4 Å². The molecule has 0 aliphatic heterocycles. The number of methoxy groups -OCH3 is 1. The summed E-state index contributed by atoms with van der Waals surface area (Å²) in [6.07, 6.45) is 1.22. The van der Waals surface area contributed by atoms with Gasteiger partial charge in [0.05, 0.1) is 30.8 Å². The van der Waals surface area contributed by atoms with Gasteiger partial charge in [-0.05, 0) is 72.5 Å². The van der Waals surface area contributed by atoms with E-state index in [0.717, 1.165) is 11.1 Å². The van der Waals surface area contributed by atoms with Gasteiger partial charge in [-0.1, -0.05) is 74.5 Å². The van der Waals surface area contributed by atoms with Gasteiger partial charge in [-0.15, -0.1) is 0 Å². The lowest BCUT2D eigenvalue weighted by atomic mass is 9.55. The Morgan fingerprint density at radius 3 is 1.33 bits per heavy atom. The second kappa shape index (κ2) is 18.0. The Morgan fingerprint density at radius 1 is 0.577 bits per heavy atom. The third-order valence-corrected chi connectivity index (χ3v) is 9.17. The topological polar surface area (TPSA) is 135 Å². The highest BCUT2D eigenvalue weighted by molar-refractivity contribution is 6.01. The Hall–Kier alpha value is -5.68. The Bertz CT molecular complexity index is 1650. The molecular weight excluding hydrogens is 662 g/mol. The highest BCUT2D eigenvalue weighted by atomic mass is 16.5. The molecule has 4 aromatic rings. The molecule has 1 saturated carbocycles. The third kappa shape index (κ3) is 8.96. The molecule has 5 rings (SSSR count). The van der Waals surface area contributed by atoms with E-state index < -0.39 is 47.4 Å². The van der Waals surface area contributed by atoms with Gasteiger partial charge >= 0.3 is 5.97 Å². The first-order valence-corrected chi connectivity index (χ1v) is 17.5. The summed E-state index contributed by atoms with van der Waals surface area (Å²) >= 11 is 0. The number of carbonyl (C=O) groups excluding carboxylic acids is 4. The van der Waals surface area contributed by atoms with Gasteiger partial charge in [0.15, 0.2) is 0 Å². The van der Waals surface area contributed by atoms with Gasteiger partial charge in [0, 0.05) is 26.2 Å². The van der Waals surface area contributed by atoms with Crippen LogP contribution in [-0.2, 0) is 37.0 Å². The van der Waals surface area contributed by atoms with Crippen LogP contribution in [0.2, 0.25) is 0 Å². The van der Waals surface area contributed by atoms with Crippen molar-refractivity contribution >= 4 is 23.7 Å². The maximum atomic E-state index is 14.5. The third-order valence-electron chi connectivity index (χ3n) is 9.17. The van der Waals surface area contributed by atoms with Crippen molar-refractivity contribution in [3.8, 4) is 23.0 Å². The van der Waals surface area contributed by atoms with Crippen LogP contribution in [0, 0.1) is 23.7 Å². The van der Waals surface area contributed by atoms with Gasteiger partial charge in [-0.25, -0.2) is 5.48 Å². The number of nitrogens with zero attached hydrogens (tertiary/aromatic N) is 2. The van der Waals surface area contributed by atoms with E-state index in [0.29, 0.717) is 48.9 Å². The molecule has 4 aromatic carbocycles. The van der Waals surface area contributed by atoms with Crippen molar-refractivity contribution in [1.82, 2.24) is 15.3 Å². The van der Waals surface area contributed by atoms with E-state index in [1.165, 1.54) is 7.11 Å². The lowest BCUT2D eigenvalue weighted by molar-refractivity contribution is -0.185. The minimum Gasteiger partial charge on any atom is -0.469 e. The van der Waals surface area contributed by atoms with Crippen LogP contribution in [0.3, 0.4) is 0 Å². The molecule has 2 N–H and O–H groups in total. The van der Waals surface area contributed by atoms with Crippen LogP contribution in [-0.4, -0.2) is 58.9 Å². The van der Waals surface area contributed by atoms with Crippen molar-refractivity contribution in [2.24, 2.45) is 23.7 Å². The van der Waals surface area contributed by atoms with Crippen LogP contribution in [0.4, 0.5) is 0 Å². The number of nitrogens with one attached hydrogen (secondary N) is 1. The molecule has 0 bridgehead atoms. The molecule has 11 nitrogen and oxygen atoms in total. The van der Waals surface area contributed by atoms with E-state index >= 15 is 0 Å². The number of hydrogen-bond donors (Lipinski definition) is 2. The number of carbonyl (C=O) groups is 4. The van der Waals surface area contributed by atoms with E-state index in [-0.39, 0.29) is 13.1 Å². The molecule has 272 valence electrons. The second-order valence-corrected chi connectivity index (χ2v) is 12.7. The van der Waals surface area contributed by atoms with Crippen molar-refractivity contribution in [2.75, 3.05) is 20.2 Å². The van der Waals surface area contributed by atoms with Gasteiger partial charge in [0.25, 0.3) is 0 Å².